The maximum Gasteiger partial charge on any atom is 0.356 e. The third-order valence-electron chi connectivity index (χ3n) is 7.97. The lowest BCUT2D eigenvalue weighted by Gasteiger charge is -2.19. The van der Waals surface area contributed by atoms with Crippen molar-refractivity contribution >= 4 is 70.1 Å². The number of carbonyl (C=O) groups is 10. The molecule has 0 spiro atoms. The summed E-state index contributed by atoms with van der Waals surface area (Å²) < 4.78 is 14.0. The standard InChI is InChI=1S/C18H13NO8.C15H7NO8/c1-25-16(22)7-4-8-9(5-7)14(20)15(21)13-12(8)10(17(23)26-2)6-11(19-13)18(24)27-3;17-11-6-2-4(13(19)20)1-5(6)9-7(14(21)22)3-8(15(23)24)16-10(9)12(11)18/h5-6H,4H2,1-3H3;2-3H,1H2,(H,19,20)(H,21,22)(H,23,24). The highest BCUT2D eigenvalue weighted by Gasteiger charge is 2.42. The van der Waals surface area contributed by atoms with Crippen molar-refractivity contribution in [2.24, 2.45) is 0 Å². The quantitative estimate of drug-likeness (QED) is 0.216. The minimum atomic E-state index is -1.56. The Morgan fingerprint density at radius 2 is 1.00 bits per heavy atom. The fourth-order valence-electron chi connectivity index (χ4n) is 5.69. The molecule has 0 unspecified atom stereocenters. The molecular weight excluding hydrogens is 680 g/mol. The second-order valence-electron chi connectivity index (χ2n) is 10.7. The number of allylic oxidation sites excluding steroid dienone is 6. The normalized spacial score (nSPS) is 15.4. The Hall–Kier alpha value is -7.24. The molecule has 3 N–H and O–H groups in total. The first kappa shape index (κ1) is 35.1. The number of Topliss-reactive ketones (excluding diaryl/α,β-unsaturated/α-hetero) is 4. The average Bonchev–Trinajstić information content (AvgIpc) is 3.77. The average molecular weight is 701 g/mol. The van der Waals surface area contributed by atoms with E-state index in [1.165, 1.54) is 13.2 Å². The van der Waals surface area contributed by atoms with Crippen LogP contribution in [-0.2, 0) is 33.4 Å². The van der Waals surface area contributed by atoms with Gasteiger partial charge in [-0.05, 0) is 35.4 Å². The number of fused-ring (bicyclic) bond motifs is 4. The van der Waals surface area contributed by atoms with E-state index in [9.17, 15) is 53.1 Å². The highest BCUT2D eigenvalue weighted by molar-refractivity contribution is 6.54. The lowest BCUT2D eigenvalue weighted by molar-refractivity contribution is -0.136. The third-order valence-corrected chi connectivity index (χ3v) is 7.97. The Bertz CT molecular complexity index is 2270. The summed E-state index contributed by atoms with van der Waals surface area (Å²) in [4.78, 5) is 126. The number of rotatable bonds is 6. The summed E-state index contributed by atoms with van der Waals surface area (Å²) in [5, 5.41) is 27.4. The van der Waals surface area contributed by atoms with Crippen molar-refractivity contribution in [3.8, 4) is 0 Å². The number of carboxylic acids is 3. The van der Waals surface area contributed by atoms with Crippen molar-refractivity contribution in [3.05, 3.63) is 91.6 Å². The van der Waals surface area contributed by atoms with Gasteiger partial charge >= 0.3 is 35.8 Å². The van der Waals surface area contributed by atoms with Gasteiger partial charge in [0.2, 0.25) is 11.6 Å². The van der Waals surface area contributed by atoms with Crippen LogP contribution in [0.4, 0.5) is 0 Å². The summed E-state index contributed by atoms with van der Waals surface area (Å²) in [5.41, 5.74) is -2.65. The zero-order chi connectivity index (χ0) is 37.6. The molecule has 258 valence electrons. The molecule has 4 aliphatic carbocycles. The van der Waals surface area contributed by atoms with Gasteiger partial charge in [-0.3, -0.25) is 19.2 Å². The third kappa shape index (κ3) is 5.79. The smallest absolute Gasteiger partial charge is 0.356 e. The van der Waals surface area contributed by atoms with Gasteiger partial charge < -0.3 is 29.5 Å². The number of aliphatic carboxylic acids is 1. The van der Waals surface area contributed by atoms with Gasteiger partial charge in [-0.15, -0.1) is 0 Å². The molecular formula is C33H20N2O16. The molecule has 0 radical (unpaired) electrons. The van der Waals surface area contributed by atoms with Crippen molar-refractivity contribution in [3.63, 3.8) is 0 Å². The monoisotopic (exact) mass is 700 g/mol. The van der Waals surface area contributed by atoms with Crippen LogP contribution in [0.2, 0.25) is 0 Å². The van der Waals surface area contributed by atoms with Gasteiger partial charge in [-0.2, -0.15) is 0 Å². The number of carbonyl (C=O) groups excluding carboxylic acids is 7. The van der Waals surface area contributed by atoms with Crippen LogP contribution in [0.3, 0.4) is 0 Å². The van der Waals surface area contributed by atoms with Crippen molar-refractivity contribution < 1.29 is 77.5 Å². The van der Waals surface area contributed by atoms with Gasteiger partial charge in [0, 0.05) is 46.3 Å². The maximum absolute atomic E-state index is 12.5. The number of aromatic nitrogens is 2. The first-order valence-corrected chi connectivity index (χ1v) is 14.2. The number of pyridine rings is 2. The maximum atomic E-state index is 12.5. The van der Waals surface area contributed by atoms with E-state index in [4.69, 9.17) is 14.9 Å². The number of ether oxygens (including phenoxy) is 3. The molecule has 4 aliphatic rings. The minimum absolute atomic E-state index is 0.00864. The number of methoxy groups -OCH3 is 3. The molecule has 0 saturated carbocycles. The first-order valence-electron chi connectivity index (χ1n) is 14.2. The van der Waals surface area contributed by atoms with Crippen molar-refractivity contribution in [1.82, 2.24) is 9.97 Å². The van der Waals surface area contributed by atoms with E-state index < -0.39 is 75.9 Å². The number of hydrogen-bond donors (Lipinski definition) is 3. The molecule has 0 bridgehead atoms. The lowest BCUT2D eigenvalue weighted by Crippen LogP contribution is -2.27. The summed E-state index contributed by atoms with van der Waals surface area (Å²) in [6.07, 6.45) is 2.00. The summed E-state index contributed by atoms with van der Waals surface area (Å²) in [6.45, 7) is 0. The summed E-state index contributed by atoms with van der Waals surface area (Å²) >= 11 is 0. The zero-order valence-electron chi connectivity index (χ0n) is 26.3. The van der Waals surface area contributed by atoms with Crippen LogP contribution in [-0.4, -0.2) is 106 Å². The van der Waals surface area contributed by atoms with Gasteiger partial charge in [-0.25, -0.2) is 38.7 Å². The molecule has 2 aromatic heterocycles. The highest BCUT2D eigenvalue weighted by atomic mass is 16.5. The molecule has 6 rings (SSSR count). The van der Waals surface area contributed by atoms with E-state index in [0.29, 0.717) is 0 Å². The second kappa shape index (κ2) is 13.0. The van der Waals surface area contributed by atoms with E-state index >= 15 is 0 Å². The van der Waals surface area contributed by atoms with Crippen LogP contribution in [0.1, 0.15) is 86.6 Å². The van der Waals surface area contributed by atoms with Gasteiger partial charge in [-0.1, -0.05) is 0 Å². The fraction of sp³-hybridized carbons (Fsp3) is 0.152. The van der Waals surface area contributed by atoms with Crippen molar-refractivity contribution in [2.45, 2.75) is 12.8 Å². The Morgan fingerprint density at radius 3 is 1.47 bits per heavy atom. The number of esters is 3. The summed E-state index contributed by atoms with van der Waals surface area (Å²) in [6, 6.07) is 1.90. The number of carboxylic acid groups (broad SMARTS) is 3. The SMILES string of the molecule is COC(=O)C1=CC2=C(C1)c1c(C(=O)OC)cc(C(=O)OC)nc1C(=O)C2=O.O=C(O)C1=CC2=C(C1)c1c(C(=O)O)cc(C(=O)O)nc1C(=O)C2=O. The Kier molecular flexibility index (Phi) is 8.94. The Morgan fingerprint density at radius 1 is 0.549 bits per heavy atom. The van der Waals surface area contributed by atoms with E-state index in [2.05, 4.69) is 19.4 Å². The molecule has 18 nitrogen and oxygen atoms in total. The van der Waals surface area contributed by atoms with E-state index in [0.717, 1.165) is 32.4 Å². The molecule has 2 heterocycles. The van der Waals surface area contributed by atoms with Gasteiger partial charge in [0.25, 0.3) is 11.6 Å². The Balaban J connectivity index is 0.000000199. The molecule has 0 aliphatic heterocycles. The summed E-state index contributed by atoms with van der Waals surface area (Å²) in [7, 11) is 3.43. The van der Waals surface area contributed by atoms with Crippen LogP contribution in [0.5, 0.6) is 0 Å². The number of aromatic carboxylic acids is 2. The van der Waals surface area contributed by atoms with E-state index in [-0.39, 0.29) is 74.4 Å². The van der Waals surface area contributed by atoms with Crippen LogP contribution >= 0.6 is 0 Å². The molecule has 0 atom stereocenters. The minimum Gasteiger partial charge on any atom is -0.478 e. The predicted molar refractivity (Wildman–Crippen MR) is 163 cm³/mol. The van der Waals surface area contributed by atoms with Crippen molar-refractivity contribution in [1.29, 1.82) is 0 Å². The summed E-state index contributed by atoms with van der Waals surface area (Å²) in [5.74, 6) is -10.9. The van der Waals surface area contributed by atoms with Gasteiger partial charge in [0.1, 0.15) is 22.8 Å². The molecule has 0 saturated heterocycles. The molecule has 2 aromatic rings. The van der Waals surface area contributed by atoms with Crippen LogP contribution in [0.15, 0.2) is 46.6 Å². The zero-order valence-corrected chi connectivity index (χ0v) is 26.3. The van der Waals surface area contributed by atoms with Gasteiger partial charge in [0.15, 0.2) is 0 Å². The Labute approximate surface area is 283 Å². The predicted octanol–water partition coefficient (Wildman–Crippen LogP) is 1.09. The molecule has 0 fully saturated rings. The molecule has 0 aromatic carbocycles. The number of nitrogens with zero attached hydrogens (tertiary/aromatic N) is 2. The van der Waals surface area contributed by atoms with Crippen LogP contribution in [0, 0.1) is 0 Å². The van der Waals surface area contributed by atoms with E-state index in [1.807, 2.05) is 0 Å². The fourth-order valence-corrected chi connectivity index (χ4v) is 5.69. The molecule has 0 amide bonds. The number of hydrogen-bond acceptors (Lipinski definition) is 15. The van der Waals surface area contributed by atoms with Crippen LogP contribution in [0.25, 0.3) is 11.1 Å². The number of ketones is 4. The second-order valence-corrected chi connectivity index (χ2v) is 10.7. The highest BCUT2D eigenvalue weighted by Crippen LogP contribution is 2.42. The molecule has 51 heavy (non-hydrogen) atoms. The van der Waals surface area contributed by atoms with Gasteiger partial charge in [0.05, 0.1) is 32.5 Å². The molecule has 18 heteroatoms. The lowest BCUT2D eigenvalue weighted by atomic mass is 9.85. The van der Waals surface area contributed by atoms with Crippen LogP contribution < -0.4 is 0 Å². The topological polar surface area (TPSA) is 285 Å². The van der Waals surface area contributed by atoms with E-state index in [1.54, 1.807) is 0 Å². The van der Waals surface area contributed by atoms with Crippen molar-refractivity contribution in [2.75, 3.05) is 21.3 Å². The first-order chi connectivity index (χ1) is 24.1. The largest absolute Gasteiger partial charge is 0.478 e.